The van der Waals surface area contributed by atoms with E-state index in [1.807, 2.05) is 6.92 Å². The zero-order chi connectivity index (χ0) is 12.8. The van der Waals surface area contributed by atoms with Gasteiger partial charge in [0.15, 0.2) is 5.76 Å². The zero-order valence-corrected chi connectivity index (χ0v) is 9.88. The van der Waals surface area contributed by atoms with Gasteiger partial charge in [0.1, 0.15) is 11.5 Å². The maximum absolute atomic E-state index is 11.8. The third-order valence-corrected chi connectivity index (χ3v) is 2.14. The highest BCUT2D eigenvalue weighted by Crippen LogP contribution is 2.02. The molecule has 1 amide bonds. The van der Waals surface area contributed by atoms with Crippen molar-refractivity contribution in [3.8, 4) is 0 Å². The van der Waals surface area contributed by atoms with Gasteiger partial charge in [-0.25, -0.2) is 4.98 Å². The molecular formula is C11H13N5O2. The summed E-state index contributed by atoms with van der Waals surface area (Å²) in [5, 5.41) is 9.21. The van der Waals surface area contributed by atoms with Gasteiger partial charge in [0, 0.05) is 12.6 Å². The molecule has 7 heteroatoms. The molecule has 18 heavy (non-hydrogen) atoms. The molecule has 0 aliphatic heterocycles. The fraction of sp³-hybridized carbons (Fsp3) is 0.273. The minimum atomic E-state index is -0.307. The van der Waals surface area contributed by atoms with Gasteiger partial charge in [-0.1, -0.05) is 5.16 Å². The number of aromatic nitrogens is 3. The Morgan fingerprint density at radius 1 is 1.44 bits per heavy atom. The lowest BCUT2D eigenvalue weighted by Crippen LogP contribution is -2.24. The van der Waals surface area contributed by atoms with Crippen LogP contribution in [0.5, 0.6) is 0 Å². The maximum atomic E-state index is 11.8. The van der Waals surface area contributed by atoms with Crippen LogP contribution in [-0.2, 0) is 6.54 Å². The first kappa shape index (κ1) is 12.0. The van der Waals surface area contributed by atoms with Crippen LogP contribution in [0.15, 0.2) is 29.2 Å². The van der Waals surface area contributed by atoms with Crippen molar-refractivity contribution in [1.29, 1.82) is 0 Å². The molecule has 0 radical (unpaired) electrons. The Bertz CT molecular complexity index is 512. The van der Waals surface area contributed by atoms with Crippen LogP contribution in [0.25, 0.3) is 0 Å². The van der Waals surface area contributed by atoms with Gasteiger partial charge in [-0.2, -0.15) is 0 Å². The Morgan fingerprint density at radius 2 is 2.33 bits per heavy atom. The van der Waals surface area contributed by atoms with E-state index in [9.17, 15) is 4.79 Å². The molecule has 0 spiro atoms. The van der Waals surface area contributed by atoms with Gasteiger partial charge in [-0.15, -0.1) is 0 Å². The molecule has 0 aliphatic carbocycles. The number of anilines is 1. The number of nitrogens with zero attached hydrogens (tertiary/aromatic N) is 3. The van der Waals surface area contributed by atoms with E-state index >= 15 is 0 Å². The summed E-state index contributed by atoms with van der Waals surface area (Å²) in [7, 11) is 0. The highest BCUT2D eigenvalue weighted by Gasteiger charge is 2.09. The Kier molecular flexibility index (Phi) is 3.85. The van der Waals surface area contributed by atoms with Crippen molar-refractivity contribution in [3.63, 3.8) is 0 Å². The molecule has 0 fully saturated rings. The van der Waals surface area contributed by atoms with Crippen molar-refractivity contribution in [3.05, 3.63) is 36.1 Å². The summed E-state index contributed by atoms with van der Waals surface area (Å²) in [6, 6.07) is 1.68. The van der Waals surface area contributed by atoms with E-state index in [2.05, 4.69) is 25.8 Å². The summed E-state index contributed by atoms with van der Waals surface area (Å²) in [4.78, 5) is 19.9. The quantitative estimate of drug-likeness (QED) is 0.812. The lowest BCUT2D eigenvalue weighted by molar-refractivity contribution is 0.0942. The second-order valence-electron chi connectivity index (χ2n) is 3.48. The summed E-state index contributed by atoms with van der Waals surface area (Å²) in [6.07, 6.45) is 4.50. The van der Waals surface area contributed by atoms with E-state index in [1.54, 1.807) is 12.3 Å². The smallest absolute Gasteiger partial charge is 0.271 e. The zero-order valence-electron chi connectivity index (χ0n) is 9.88. The summed E-state index contributed by atoms with van der Waals surface area (Å²) in [5.74, 6) is 0.850. The molecule has 2 heterocycles. The lowest BCUT2D eigenvalue weighted by atomic mass is 10.4. The largest absolute Gasteiger partial charge is 0.369 e. The van der Waals surface area contributed by atoms with Gasteiger partial charge < -0.3 is 15.2 Å². The van der Waals surface area contributed by atoms with E-state index < -0.39 is 0 Å². The van der Waals surface area contributed by atoms with Crippen molar-refractivity contribution < 1.29 is 9.32 Å². The SMILES string of the molecule is CCNc1cncc(C(=O)NCc2ccno2)n1. The molecule has 2 aromatic heterocycles. The summed E-state index contributed by atoms with van der Waals surface area (Å²) < 4.78 is 4.87. The molecular weight excluding hydrogens is 234 g/mol. The fourth-order valence-corrected chi connectivity index (χ4v) is 1.33. The van der Waals surface area contributed by atoms with Crippen LogP contribution >= 0.6 is 0 Å². The number of rotatable bonds is 5. The first-order chi connectivity index (χ1) is 8.79. The van der Waals surface area contributed by atoms with Gasteiger partial charge >= 0.3 is 0 Å². The monoisotopic (exact) mass is 247 g/mol. The topological polar surface area (TPSA) is 92.9 Å². The molecule has 0 aliphatic rings. The summed E-state index contributed by atoms with van der Waals surface area (Å²) in [5.41, 5.74) is 0.257. The first-order valence-electron chi connectivity index (χ1n) is 5.53. The Labute approximate surface area is 104 Å². The van der Waals surface area contributed by atoms with Crippen LogP contribution in [0, 0.1) is 0 Å². The average Bonchev–Trinajstić information content (AvgIpc) is 2.90. The van der Waals surface area contributed by atoms with Crippen molar-refractivity contribution in [2.24, 2.45) is 0 Å². The van der Waals surface area contributed by atoms with Crippen molar-refractivity contribution in [2.45, 2.75) is 13.5 Å². The Morgan fingerprint density at radius 3 is 3.06 bits per heavy atom. The highest BCUT2D eigenvalue weighted by atomic mass is 16.5. The second kappa shape index (κ2) is 5.76. The van der Waals surface area contributed by atoms with E-state index in [-0.39, 0.29) is 18.1 Å². The van der Waals surface area contributed by atoms with E-state index in [4.69, 9.17) is 4.52 Å². The molecule has 2 N–H and O–H groups in total. The molecule has 0 aromatic carbocycles. The first-order valence-corrected chi connectivity index (χ1v) is 5.53. The Hall–Kier alpha value is -2.44. The van der Waals surface area contributed by atoms with Crippen molar-refractivity contribution >= 4 is 11.7 Å². The molecule has 0 bridgehead atoms. The van der Waals surface area contributed by atoms with Crippen LogP contribution in [0.1, 0.15) is 23.2 Å². The van der Waals surface area contributed by atoms with Crippen LogP contribution < -0.4 is 10.6 Å². The molecule has 2 aromatic rings. The van der Waals surface area contributed by atoms with Crippen molar-refractivity contribution in [2.75, 3.05) is 11.9 Å². The number of amides is 1. The van der Waals surface area contributed by atoms with Crippen LogP contribution in [0.4, 0.5) is 5.82 Å². The van der Waals surface area contributed by atoms with Gasteiger partial charge in [-0.05, 0) is 6.92 Å². The number of carbonyl (C=O) groups is 1. The normalized spacial score (nSPS) is 10.1. The van der Waals surface area contributed by atoms with Crippen LogP contribution in [-0.4, -0.2) is 27.6 Å². The van der Waals surface area contributed by atoms with Crippen LogP contribution in [0.2, 0.25) is 0 Å². The molecule has 0 unspecified atom stereocenters. The molecule has 94 valence electrons. The predicted molar refractivity (Wildman–Crippen MR) is 63.9 cm³/mol. The number of hydrogen-bond donors (Lipinski definition) is 2. The molecule has 7 nitrogen and oxygen atoms in total. The van der Waals surface area contributed by atoms with E-state index in [0.717, 1.165) is 6.54 Å². The van der Waals surface area contributed by atoms with E-state index in [0.29, 0.717) is 11.6 Å². The molecule has 0 saturated carbocycles. The van der Waals surface area contributed by atoms with Crippen LogP contribution in [0.3, 0.4) is 0 Å². The van der Waals surface area contributed by atoms with Gasteiger partial charge in [0.05, 0.1) is 25.1 Å². The number of carbonyl (C=O) groups excluding carboxylic acids is 1. The lowest BCUT2D eigenvalue weighted by Gasteiger charge is -2.04. The predicted octanol–water partition coefficient (Wildman–Crippen LogP) is 0.826. The molecule has 2 rings (SSSR count). The number of nitrogens with one attached hydrogen (secondary N) is 2. The minimum Gasteiger partial charge on any atom is -0.369 e. The summed E-state index contributed by atoms with van der Waals surface area (Å²) >= 11 is 0. The number of hydrogen-bond acceptors (Lipinski definition) is 6. The maximum Gasteiger partial charge on any atom is 0.271 e. The second-order valence-corrected chi connectivity index (χ2v) is 3.48. The van der Waals surface area contributed by atoms with Gasteiger partial charge in [0.25, 0.3) is 5.91 Å². The highest BCUT2D eigenvalue weighted by molar-refractivity contribution is 5.92. The fourth-order valence-electron chi connectivity index (χ4n) is 1.33. The van der Waals surface area contributed by atoms with Gasteiger partial charge in [0.2, 0.25) is 0 Å². The Balaban J connectivity index is 1.97. The van der Waals surface area contributed by atoms with Crippen molar-refractivity contribution in [1.82, 2.24) is 20.4 Å². The third-order valence-electron chi connectivity index (χ3n) is 2.14. The standard InChI is InChI=1S/C11H13N5O2/c1-2-13-10-7-12-6-9(16-10)11(17)14-5-8-3-4-15-18-8/h3-4,6-7H,2,5H2,1H3,(H,13,16)(H,14,17). The molecule has 0 saturated heterocycles. The third kappa shape index (κ3) is 3.03. The summed E-state index contributed by atoms with van der Waals surface area (Å²) in [6.45, 7) is 2.93. The van der Waals surface area contributed by atoms with E-state index in [1.165, 1.54) is 12.4 Å². The average molecular weight is 247 g/mol. The molecule has 0 atom stereocenters. The minimum absolute atomic E-state index is 0.257. The van der Waals surface area contributed by atoms with Gasteiger partial charge in [-0.3, -0.25) is 9.78 Å².